The number of carbonyl (C=O) groups excluding carboxylic acids is 4. The molecule has 0 aromatic heterocycles. The van der Waals surface area contributed by atoms with E-state index in [9.17, 15) is 19.2 Å². The Morgan fingerprint density at radius 1 is 1.29 bits per heavy atom. The number of rotatable bonds is 8. The first-order valence-electron chi connectivity index (χ1n) is 11.3. The summed E-state index contributed by atoms with van der Waals surface area (Å²) in [4.78, 5) is 51.8. The van der Waals surface area contributed by atoms with Crippen LogP contribution in [0.2, 0.25) is 5.02 Å². The average Bonchev–Trinajstić information content (AvgIpc) is 3.40. The first-order valence-corrected chi connectivity index (χ1v) is 11.7. The molecule has 10 nitrogen and oxygen atoms in total. The summed E-state index contributed by atoms with van der Waals surface area (Å²) in [6, 6.07) is 2.26. The number of nitrogens with zero attached hydrogens (tertiary/aromatic N) is 1. The maximum Gasteiger partial charge on any atom is 0.310 e. The number of cyclic esters (lactones) is 1. The van der Waals surface area contributed by atoms with Crippen LogP contribution in [0.5, 0.6) is 0 Å². The molecule has 34 heavy (non-hydrogen) atoms. The molecular weight excluding hydrogens is 464 g/mol. The number of nitrogens with one attached hydrogen (secondary N) is 2. The van der Waals surface area contributed by atoms with E-state index in [2.05, 4.69) is 10.6 Å². The maximum atomic E-state index is 13.1. The summed E-state index contributed by atoms with van der Waals surface area (Å²) in [6.07, 6.45) is 0.275. The number of carbonyl (C=O) groups is 4. The Kier molecular flexibility index (Phi) is 8.37. The van der Waals surface area contributed by atoms with E-state index in [1.54, 1.807) is 6.92 Å². The highest BCUT2D eigenvalue weighted by Crippen LogP contribution is 2.23. The number of anilines is 1. The highest BCUT2D eigenvalue weighted by atomic mass is 35.5. The van der Waals surface area contributed by atoms with Gasteiger partial charge in [-0.05, 0) is 43.9 Å². The molecule has 2 fully saturated rings. The summed E-state index contributed by atoms with van der Waals surface area (Å²) >= 11 is 5.98. The number of benzene rings is 1. The van der Waals surface area contributed by atoms with Gasteiger partial charge >= 0.3 is 5.97 Å². The molecule has 4 N–H and O–H groups in total. The molecule has 2 saturated heterocycles. The van der Waals surface area contributed by atoms with Crippen LogP contribution in [0.25, 0.3) is 0 Å². The zero-order valence-corrected chi connectivity index (χ0v) is 20.3. The second-order valence-electron chi connectivity index (χ2n) is 9.03. The van der Waals surface area contributed by atoms with Crippen molar-refractivity contribution in [1.29, 1.82) is 0 Å². The van der Waals surface area contributed by atoms with Gasteiger partial charge in [-0.15, -0.1) is 0 Å². The van der Waals surface area contributed by atoms with Gasteiger partial charge in [0, 0.05) is 12.1 Å². The number of hydrogen-bond acceptors (Lipinski definition) is 7. The number of nitrogen functional groups attached to an aromatic ring is 1. The van der Waals surface area contributed by atoms with Crippen molar-refractivity contribution in [3.05, 3.63) is 28.8 Å². The lowest BCUT2D eigenvalue weighted by Gasteiger charge is -2.28. The van der Waals surface area contributed by atoms with Gasteiger partial charge in [-0.2, -0.15) is 0 Å². The van der Waals surface area contributed by atoms with Crippen LogP contribution in [0.4, 0.5) is 5.69 Å². The summed E-state index contributed by atoms with van der Waals surface area (Å²) in [6.45, 7) is 6.26. The number of esters is 1. The summed E-state index contributed by atoms with van der Waals surface area (Å²) in [5.41, 5.74) is 6.29. The van der Waals surface area contributed by atoms with E-state index >= 15 is 0 Å². The second-order valence-corrected chi connectivity index (χ2v) is 9.43. The maximum absolute atomic E-state index is 13.1. The molecule has 1 aromatic rings. The largest absolute Gasteiger partial charge is 0.433 e. The molecule has 2 aliphatic rings. The fourth-order valence-electron chi connectivity index (χ4n) is 3.93. The van der Waals surface area contributed by atoms with Crippen LogP contribution in [0.15, 0.2) is 18.2 Å². The van der Waals surface area contributed by atoms with E-state index in [1.165, 1.54) is 23.1 Å². The Morgan fingerprint density at radius 2 is 2.03 bits per heavy atom. The smallest absolute Gasteiger partial charge is 0.310 e. The molecule has 4 unspecified atom stereocenters. The first-order chi connectivity index (χ1) is 16.1. The number of halogens is 1. The lowest BCUT2D eigenvalue weighted by molar-refractivity contribution is -0.167. The minimum absolute atomic E-state index is 0.00573. The van der Waals surface area contributed by atoms with E-state index in [4.69, 9.17) is 26.8 Å². The first kappa shape index (κ1) is 25.8. The quantitative estimate of drug-likeness (QED) is 0.367. The Morgan fingerprint density at radius 3 is 2.71 bits per heavy atom. The van der Waals surface area contributed by atoms with Crippen molar-refractivity contribution in [3.63, 3.8) is 0 Å². The van der Waals surface area contributed by atoms with Crippen LogP contribution < -0.4 is 16.4 Å². The van der Waals surface area contributed by atoms with Crippen molar-refractivity contribution in [3.8, 4) is 0 Å². The number of likely N-dealkylation sites (tertiary alicyclic amines) is 1. The Bertz CT molecular complexity index is 955. The topological polar surface area (TPSA) is 140 Å². The van der Waals surface area contributed by atoms with Crippen molar-refractivity contribution in [2.75, 3.05) is 18.9 Å². The molecule has 0 aliphatic carbocycles. The van der Waals surface area contributed by atoms with Gasteiger partial charge in [0.25, 0.3) is 5.91 Å². The van der Waals surface area contributed by atoms with Crippen molar-refractivity contribution in [1.82, 2.24) is 15.5 Å². The van der Waals surface area contributed by atoms with Crippen molar-refractivity contribution < 1.29 is 28.7 Å². The van der Waals surface area contributed by atoms with Gasteiger partial charge in [-0.3, -0.25) is 19.2 Å². The lowest BCUT2D eigenvalue weighted by Crippen LogP contribution is -2.54. The average molecular weight is 495 g/mol. The number of amides is 3. The van der Waals surface area contributed by atoms with Crippen LogP contribution >= 0.6 is 11.6 Å². The molecule has 0 radical (unpaired) electrons. The molecule has 0 saturated carbocycles. The molecule has 2 heterocycles. The molecule has 1 aromatic carbocycles. The molecular formula is C23H31ClN4O6. The van der Waals surface area contributed by atoms with E-state index in [1.807, 2.05) is 13.8 Å². The molecule has 3 rings (SSSR count). The Hall–Kier alpha value is -2.85. The normalized spacial score (nSPS) is 23.0. The van der Waals surface area contributed by atoms with Gasteiger partial charge in [0.1, 0.15) is 18.1 Å². The number of hydrogen-bond donors (Lipinski definition) is 3. The minimum atomic E-state index is -0.865. The van der Waals surface area contributed by atoms with E-state index in [0.717, 1.165) is 0 Å². The molecule has 11 heteroatoms. The van der Waals surface area contributed by atoms with E-state index in [-0.39, 0.29) is 34.7 Å². The third-order valence-corrected chi connectivity index (χ3v) is 6.03. The monoisotopic (exact) mass is 494 g/mol. The fraction of sp³-hybridized carbons (Fsp3) is 0.565. The predicted molar refractivity (Wildman–Crippen MR) is 125 cm³/mol. The van der Waals surface area contributed by atoms with E-state index < -0.39 is 36.3 Å². The van der Waals surface area contributed by atoms with Crippen LogP contribution in [-0.2, 0) is 23.9 Å². The molecule has 4 atom stereocenters. The van der Waals surface area contributed by atoms with Crippen LogP contribution in [0.1, 0.15) is 50.4 Å². The zero-order chi connectivity index (χ0) is 25.0. The Balaban J connectivity index is 1.60. The summed E-state index contributed by atoms with van der Waals surface area (Å²) < 4.78 is 10.8. The number of ether oxygens (including phenoxy) is 2. The predicted octanol–water partition coefficient (Wildman–Crippen LogP) is 1.46. The van der Waals surface area contributed by atoms with E-state index in [0.29, 0.717) is 31.7 Å². The third-order valence-electron chi connectivity index (χ3n) is 5.70. The van der Waals surface area contributed by atoms with Crippen LogP contribution in [0.3, 0.4) is 0 Å². The molecule has 2 aliphatic heterocycles. The zero-order valence-electron chi connectivity index (χ0n) is 19.5. The SMILES string of the molecule is CC(C)COC1OC(=O)CC1NC(=O)C1CCCN1C(=O)C(C)NC(=O)c1ccc(N)c(Cl)c1. The minimum Gasteiger partial charge on any atom is -0.433 e. The molecule has 0 bridgehead atoms. The standard InChI is InChI=1S/C23H31ClN4O6/c1-12(2)11-33-23-17(10-19(29)34-23)27-21(31)18-5-4-8-28(18)22(32)13(3)26-20(30)14-6-7-16(25)15(24)9-14/h6-7,9,12-13,17-18,23H,4-5,8,10-11,25H2,1-3H3,(H,26,30)(H,27,31). The van der Waals surface area contributed by atoms with Gasteiger partial charge in [0.2, 0.25) is 18.1 Å². The highest BCUT2D eigenvalue weighted by molar-refractivity contribution is 6.33. The Labute approximate surface area is 203 Å². The van der Waals surface area contributed by atoms with Crippen molar-refractivity contribution >= 4 is 41.0 Å². The number of nitrogens with two attached hydrogens (primary N) is 1. The fourth-order valence-corrected chi connectivity index (χ4v) is 4.11. The van der Waals surface area contributed by atoms with Gasteiger partial charge in [-0.25, -0.2) is 0 Å². The third kappa shape index (κ3) is 6.18. The van der Waals surface area contributed by atoms with Gasteiger partial charge in [0.05, 0.1) is 23.7 Å². The van der Waals surface area contributed by atoms with Gasteiger partial charge in [0.15, 0.2) is 0 Å². The van der Waals surface area contributed by atoms with Gasteiger partial charge in [-0.1, -0.05) is 25.4 Å². The summed E-state index contributed by atoms with van der Waals surface area (Å²) in [7, 11) is 0. The van der Waals surface area contributed by atoms with Crippen molar-refractivity contribution in [2.45, 2.75) is 64.4 Å². The second kappa shape index (κ2) is 11.1. The van der Waals surface area contributed by atoms with Crippen LogP contribution in [0, 0.1) is 5.92 Å². The van der Waals surface area contributed by atoms with Crippen molar-refractivity contribution in [2.24, 2.45) is 5.92 Å². The molecule has 0 spiro atoms. The molecule has 3 amide bonds. The molecule has 186 valence electrons. The highest BCUT2D eigenvalue weighted by Gasteiger charge is 2.41. The van der Waals surface area contributed by atoms with Crippen LogP contribution in [-0.4, -0.2) is 66.2 Å². The summed E-state index contributed by atoms with van der Waals surface area (Å²) in [5, 5.41) is 5.70. The lowest BCUT2D eigenvalue weighted by atomic mass is 10.1. The summed E-state index contributed by atoms with van der Waals surface area (Å²) in [5.74, 6) is -1.44. The van der Waals surface area contributed by atoms with Gasteiger partial charge < -0.3 is 30.7 Å².